The number of hydrogen-bond donors (Lipinski definition) is 2. The van der Waals surface area contributed by atoms with Gasteiger partial charge in [-0.2, -0.15) is 0 Å². The normalized spacial score (nSPS) is 25.4. The Labute approximate surface area is 110 Å². The van der Waals surface area contributed by atoms with Crippen molar-refractivity contribution in [2.24, 2.45) is 11.8 Å². The zero-order valence-electron chi connectivity index (χ0n) is 11.8. The van der Waals surface area contributed by atoms with E-state index < -0.39 is 0 Å². The first-order valence-corrected chi connectivity index (χ1v) is 6.70. The van der Waals surface area contributed by atoms with E-state index >= 15 is 0 Å². The molecule has 1 aromatic carbocycles. The second kappa shape index (κ2) is 5.39. The second-order valence-electron chi connectivity index (χ2n) is 5.54. The Bertz CT molecular complexity index is 431. The van der Waals surface area contributed by atoms with E-state index in [1.54, 1.807) is 0 Å². The van der Waals surface area contributed by atoms with Crippen molar-refractivity contribution in [3.8, 4) is 0 Å². The maximum absolute atomic E-state index is 5.86. The Morgan fingerprint density at radius 3 is 2.44 bits per heavy atom. The first kappa shape index (κ1) is 13.5. The number of nitrogens with two attached hydrogens (primary N) is 1. The van der Waals surface area contributed by atoms with Crippen LogP contribution in [0.5, 0.6) is 0 Å². The summed E-state index contributed by atoms with van der Waals surface area (Å²) in [7, 11) is 0. The molecule has 0 aliphatic carbocycles. The molecule has 0 saturated carbocycles. The van der Waals surface area contributed by atoms with Crippen molar-refractivity contribution >= 4 is 0 Å². The van der Waals surface area contributed by atoms with Crippen molar-refractivity contribution in [1.82, 2.24) is 5.43 Å². The molecule has 18 heavy (non-hydrogen) atoms. The van der Waals surface area contributed by atoms with Gasteiger partial charge in [-0.1, -0.05) is 19.1 Å². The molecule has 0 bridgehead atoms. The van der Waals surface area contributed by atoms with Crippen molar-refractivity contribution in [3.05, 3.63) is 34.4 Å². The maximum atomic E-state index is 5.86. The van der Waals surface area contributed by atoms with Crippen LogP contribution in [0.25, 0.3) is 0 Å². The van der Waals surface area contributed by atoms with Gasteiger partial charge in [-0.25, -0.2) is 0 Å². The molecule has 3 atom stereocenters. The molecule has 1 aliphatic rings. The van der Waals surface area contributed by atoms with Crippen molar-refractivity contribution in [1.29, 1.82) is 0 Å². The molecule has 1 aliphatic heterocycles. The molecule has 100 valence electrons. The van der Waals surface area contributed by atoms with Gasteiger partial charge in [0.05, 0.1) is 12.1 Å². The van der Waals surface area contributed by atoms with Crippen LogP contribution in [0.3, 0.4) is 0 Å². The molecular weight excluding hydrogens is 224 g/mol. The summed E-state index contributed by atoms with van der Waals surface area (Å²) in [6.07, 6.45) is 1.29. The van der Waals surface area contributed by atoms with E-state index in [0.717, 1.165) is 13.0 Å². The highest BCUT2D eigenvalue weighted by molar-refractivity contribution is 5.38. The zero-order chi connectivity index (χ0) is 13.3. The Morgan fingerprint density at radius 1 is 1.22 bits per heavy atom. The Kier molecular flexibility index (Phi) is 4.05. The fourth-order valence-corrected chi connectivity index (χ4v) is 2.82. The van der Waals surface area contributed by atoms with Gasteiger partial charge >= 0.3 is 0 Å². The van der Waals surface area contributed by atoms with Gasteiger partial charge in [0.15, 0.2) is 0 Å². The first-order valence-electron chi connectivity index (χ1n) is 6.70. The predicted octanol–water partition coefficient (Wildman–Crippen LogP) is 2.54. The molecule has 0 aromatic heterocycles. The van der Waals surface area contributed by atoms with E-state index in [0.29, 0.717) is 5.92 Å². The summed E-state index contributed by atoms with van der Waals surface area (Å²) >= 11 is 0. The monoisotopic (exact) mass is 248 g/mol. The van der Waals surface area contributed by atoms with Crippen LogP contribution < -0.4 is 11.3 Å². The smallest absolute Gasteiger partial charge is 0.0809 e. The summed E-state index contributed by atoms with van der Waals surface area (Å²) in [5.74, 6) is 6.32. The van der Waals surface area contributed by atoms with E-state index in [-0.39, 0.29) is 12.1 Å². The lowest BCUT2D eigenvalue weighted by atomic mass is 9.88. The lowest BCUT2D eigenvalue weighted by molar-refractivity contribution is 0.0605. The molecule has 3 unspecified atom stereocenters. The number of hydrogen-bond acceptors (Lipinski definition) is 3. The summed E-state index contributed by atoms with van der Waals surface area (Å²) < 4.78 is 5.86. The Balaban J connectivity index is 2.35. The van der Waals surface area contributed by atoms with Crippen molar-refractivity contribution < 1.29 is 4.74 Å². The molecule has 1 heterocycles. The van der Waals surface area contributed by atoms with Gasteiger partial charge in [0.1, 0.15) is 0 Å². The fraction of sp³-hybridized carbons (Fsp3) is 0.600. The van der Waals surface area contributed by atoms with E-state index in [2.05, 4.69) is 45.3 Å². The van der Waals surface area contributed by atoms with Crippen LogP contribution >= 0.6 is 0 Å². The van der Waals surface area contributed by atoms with Crippen molar-refractivity contribution in [3.63, 3.8) is 0 Å². The van der Waals surface area contributed by atoms with Crippen LogP contribution in [0.1, 0.15) is 41.6 Å². The highest BCUT2D eigenvalue weighted by Crippen LogP contribution is 2.33. The summed E-state index contributed by atoms with van der Waals surface area (Å²) in [6, 6.07) is 4.56. The highest BCUT2D eigenvalue weighted by Gasteiger charge is 2.33. The lowest BCUT2D eigenvalue weighted by Crippen LogP contribution is -2.39. The minimum absolute atomic E-state index is 0.0850. The molecule has 1 fully saturated rings. The SMILES string of the molecule is Cc1cc(C)c(C(NN)C2OCCC2C)cc1C. The Hall–Kier alpha value is -0.900. The number of hydrazine groups is 1. The van der Waals surface area contributed by atoms with Gasteiger partial charge in [0.2, 0.25) is 0 Å². The summed E-state index contributed by atoms with van der Waals surface area (Å²) in [6.45, 7) is 9.51. The molecule has 1 aromatic rings. The number of benzene rings is 1. The van der Waals surface area contributed by atoms with Gasteiger partial charge < -0.3 is 4.74 Å². The van der Waals surface area contributed by atoms with Gasteiger partial charge in [-0.15, -0.1) is 0 Å². The topological polar surface area (TPSA) is 47.3 Å². The van der Waals surface area contributed by atoms with E-state index in [1.807, 2.05) is 0 Å². The highest BCUT2D eigenvalue weighted by atomic mass is 16.5. The summed E-state index contributed by atoms with van der Waals surface area (Å²) in [5, 5.41) is 0. The minimum atomic E-state index is 0.0850. The average molecular weight is 248 g/mol. The van der Waals surface area contributed by atoms with Gasteiger partial charge in [-0.05, 0) is 55.4 Å². The minimum Gasteiger partial charge on any atom is -0.376 e. The molecule has 2 rings (SSSR count). The third kappa shape index (κ3) is 2.44. The van der Waals surface area contributed by atoms with Gasteiger partial charge in [-0.3, -0.25) is 11.3 Å². The van der Waals surface area contributed by atoms with Crippen LogP contribution in [0.15, 0.2) is 12.1 Å². The van der Waals surface area contributed by atoms with E-state index in [4.69, 9.17) is 10.6 Å². The molecular formula is C15H24N2O. The van der Waals surface area contributed by atoms with Crippen molar-refractivity contribution in [2.75, 3.05) is 6.61 Å². The molecule has 0 radical (unpaired) electrons. The molecule has 1 saturated heterocycles. The van der Waals surface area contributed by atoms with Crippen molar-refractivity contribution in [2.45, 2.75) is 46.3 Å². The first-order chi connectivity index (χ1) is 8.54. The Morgan fingerprint density at radius 2 is 1.89 bits per heavy atom. The second-order valence-corrected chi connectivity index (χ2v) is 5.54. The number of ether oxygens (including phenoxy) is 1. The number of nitrogens with one attached hydrogen (secondary N) is 1. The van der Waals surface area contributed by atoms with Crippen LogP contribution in [0.4, 0.5) is 0 Å². The largest absolute Gasteiger partial charge is 0.376 e. The van der Waals surface area contributed by atoms with Crippen LogP contribution in [-0.4, -0.2) is 12.7 Å². The summed E-state index contributed by atoms with van der Waals surface area (Å²) in [5.41, 5.74) is 8.13. The molecule has 0 amide bonds. The average Bonchev–Trinajstić information content (AvgIpc) is 2.73. The fourth-order valence-electron chi connectivity index (χ4n) is 2.82. The number of rotatable bonds is 3. The third-order valence-corrected chi connectivity index (χ3v) is 4.17. The molecule has 3 heteroatoms. The van der Waals surface area contributed by atoms with E-state index in [9.17, 15) is 0 Å². The van der Waals surface area contributed by atoms with E-state index in [1.165, 1.54) is 22.3 Å². The molecule has 3 nitrogen and oxygen atoms in total. The molecule has 3 N–H and O–H groups in total. The third-order valence-electron chi connectivity index (χ3n) is 4.17. The van der Waals surface area contributed by atoms with Crippen LogP contribution in [0.2, 0.25) is 0 Å². The molecule has 0 spiro atoms. The maximum Gasteiger partial charge on any atom is 0.0809 e. The zero-order valence-corrected chi connectivity index (χ0v) is 11.8. The van der Waals surface area contributed by atoms with Crippen LogP contribution in [0, 0.1) is 26.7 Å². The lowest BCUT2D eigenvalue weighted by Gasteiger charge is -2.27. The van der Waals surface area contributed by atoms with Gasteiger partial charge in [0, 0.05) is 6.61 Å². The number of aryl methyl sites for hydroxylation is 3. The van der Waals surface area contributed by atoms with Gasteiger partial charge in [0.25, 0.3) is 0 Å². The van der Waals surface area contributed by atoms with Crippen LogP contribution in [-0.2, 0) is 4.74 Å². The predicted molar refractivity (Wildman–Crippen MR) is 74.2 cm³/mol. The summed E-state index contributed by atoms with van der Waals surface area (Å²) in [4.78, 5) is 0. The standard InChI is InChI=1S/C15H24N2O/c1-9-5-6-18-15(9)14(17-16)13-8-11(3)10(2)7-12(13)4/h7-9,14-15,17H,5-6,16H2,1-4H3. The quantitative estimate of drug-likeness (QED) is 0.638.